The summed E-state index contributed by atoms with van der Waals surface area (Å²) in [6.07, 6.45) is 0.589. The third-order valence-electron chi connectivity index (χ3n) is 4.39. The van der Waals surface area contributed by atoms with Crippen LogP contribution in [0.15, 0.2) is 54.6 Å². The third kappa shape index (κ3) is 2.88. The molecule has 0 aromatic heterocycles. The van der Waals surface area contributed by atoms with Gasteiger partial charge in [0.25, 0.3) is 0 Å². The standard InChI is InChI=1S/C18H21NO2/c1-18(2)16(12-17(18)20)19-13-8-10-15(11-9-13)21-14-6-4-3-5-7-14/h3-11,16-17,19-20H,12H2,1-2H3. The van der Waals surface area contributed by atoms with Gasteiger partial charge in [0.05, 0.1) is 6.10 Å². The van der Waals surface area contributed by atoms with Crippen molar-refractivity contribution in [2.45, 2.75) is 32.4 Å². The molecule has 3 rings (SSSR count). The van der Waals surface area contributed by atoms with E-state index in [2.05, 4.69) is 19.2 Å². The summed E-state index contributed by atoms with van der Waals surface area (Å²) in [6, 6.07) is 18.0. The highest BCUT2D eigenvalue weighted by Gasteiger charge is 2.47. The fourth-order valence-corrected chi connectivity index (χ4v) is 2.59. The lowest BCUT2D eigenvalue weighted by molar-refractivity contribution is -0.0510. The maximum absolute atomic E-state index is 9.77. The van der Waals surface area contributed by atoms with Gasteiger partial charge in [-0.3, -0.25) is 0 Å². The second-order valence-corrected chi connectivity index (χ2v) is 6.21. The number of aliphatic hydroxyl groups excluding tert-OH is 1. The van der Waals surface area contributed by atoms with Crippen molar-refractivity contribution in [3.05, 3.63) is 54.6 Å². The van der Waals surface area contributed by atoms with Crippen LogP contribution in [0.5, 0.6) is 11.5 Å². The highest BCUT2D eigenvalue weighted by molar-refractivity contribution is 5.49. The molecule has 2 atom stereocenters. The van der Waals surface area contributed by atoms with E-state index in [1.165, 1.54) is 0 Å². The Morgan fingerprint density at radius 3 is 2.19 bits per heavy atom. The SMILES string of the molecule is CC1(C)C(O)CC1Nc1ccc(Oc2ccccc2)cc1. The first-order chi connectivity index (χ1) is 10.1. The molecule has 0 bridgehead atoms. The molecule has 3 nitrogen and oxygen atoms in total. The molecule has 2 N–H and O–H groups in total. The van der Waals surface area contributed by atoms with Crippen molar-refractivity contribution in [1.82, 2.24) is 0 Å². The number of benzene rings is 2. The van der Waals surface area contributed by atoms with Crippen LogP contribution in [-0.4, -0.2) is 17.3 Å². The maximum Gasteiger partial charge on any atom is 0.127 e. The molecular weight excluding hydrogens is 262 g/mol. The highest BCUT2D eigenvalue weighted by Crippen LogP contribution is 2.42. The summed E-state index contributed by atoms with van der Waals surface area (Å²) in [7, 11) is 0. The van der Waals surface area contributed by atoms with E-state index in [4.69, 9.17) is 4.74 Å². The van der Waals surface area contributed by atoms with Crippen LogP contribution in [0.3, 0.4) is 0 Å². The number of hydrogen-bond donors (Lipinski definition) is 2. The van der Waals surface area contributed by atoms with Gasteiger partial charge in [-0.15, -0.1) is 0 Å². The molecule has 110 valence electrons. The van der Waals surface area contributed by atoms with Gasteiger partial charge in [-0.25, -0.2) is 0 Å². The minimum Gasteiger partial charge on any atom is -0.457 e. The van der Waals surface area contributed by atoms with Gasteiger partial charge in [0, 0.05) is 17.1 Å². The molecule has 2 aromatic carbocycles. The van der Waals surface area contributed by atoms with Gasteiger partial charge in [0.15, 0.2) is 0 Å². The first-order valence-corrected chi connectivity index (χ1v) is 7.33. The van der Waals surface area contributed by atoms with Gasteiger partial charge in [-0.1, -0.05) is 32.0 Å². The van der Waals surface area contributed by atoms with Crippen molar-refractivity contribution in [1.29, 1.82) is 0 Å². The fraction of sp³-hybridized carbons (Fsp3) is 0.333. The quantitative estimate of drug-likeness (QED) is 0.889. The molecule has 2 unspecified atom stereocenters. The average Bonchev–Trinajstić information content (AvgIpc) is 2.50. The Balaban J connectivity index is 1.62. The van der Waals surface area contributed by atoms with Gasteiger partial charge in [0.2, 0.25) is 0 Å². The Morgan fingerprint density at radius 1 is 1.00 bits per heavy atom. The summed E-state index contributed by atoms with van der Waals surface area (Å²) < 4.78 is 5.77. The number of hydrogen-bond acceptors (Lipinski definition) is 3. The summed E-state index contributed by atoms with van der Waals surface area (Å²) in [4.78, 5) is 0. The van der Waals surface area contributed by atoms with Crippen LogP contribution in [-0.2, 0) is 0 Å². The minimum atomic E-state index is -0.212. The van der Waals surface area contributed by atoms with Crippen molar-refractivity contribution in [2.75, 3.05) is 5.32 Å². The molecule has 1 aliphatic rings. The average molecular weight is 283 g/mol. The molecule has 0 aliphatic heterocycles. The van der Waals surface area contributed by atoms with Crippen LogP contribution in [0, 0.1) is 5.41 Å². The normalized spacial score (nSPS) is 23.2. The molecule has 1 fully saturated rings. The van der Waals surface area contributed by atoms with Gasteiger partial charge >= 0.3 is 0 Å². The third-order valence-corrected chi connectivity index (χ3v) is 4.39. The molecular formula is C18H21NO2. The Bertz CT molecular complexity index is 592. The zero-order chi connectivity index (χ0) is 14.9. The smallest absolute Gasteiger partial charge is 0.127 e. The topological polar surface area (TPSA) is 41.5 Å². The Kier molecular flexibility index (Phi) is 3.60. The summed E-state index contributed by atoms with van der Waals surface area (Å²) in [5, 5.41) is 13.2. The lowest BCUT2D eigenvalue weighted by Gasteiger charge is -2.49. The Hall–Kier alpha value is -2.00. The molecule has 0 saturated heterocycles. The lowest BCUT2D eigenvalue weighted by atomic mass is 9.64. The van der Waals surface area contributed by atoms with Gasteiger partial charge in [-0.05, 0) is 42.8 Å². The number of ether oxygens (including phenoxy) is 1. The lowest BCUT2D eigenvalue weighted by Crippen LogP contribution is -2.56. The number of aliphatic hydroxyl groups is 1. The molecule has 3 heteroatoms. The molecule has 0 amide bonds. The van der Waals surface area contributed by atoms with E-state index < -0.39 is 0 Å². The first-order valence-electron chi connectivity index (χ1n) is 7.33. The predicted molar refractivity (Wildman–Crippen MR) is 84.8 cm³/mol. The molecule has 0 heterocycles. The monoisotopic (exact) mass is 283 g/mol. The summed E-state index contributed by atoms with van der Waals surface area (Å²) in [5.74, 6) is 1.65. The van der Waals surface area contributed by atoms with Crippen molar-refractivity contribution < 1.29 is 9.84 Å². The Morgan fingerprint density at radius 2 is 1.62 bits per heavy atom. The molecule has 0 radical (unpaired) electrons. The highest BCUT2D eigenvalue weighted by atomic mass is 16.5. The van der Waals surface area contributed by atoms with E-state index in [0.29, 0.717) is 6.04 Å². The minimum absolute atomic E-state index is 0.0702. The number of nitrogens with one attached hydrogen (secondary N) is 1. The summed E-state index contributed by atoms with van der Waals surface area (Å²) in [5.41, 5.74) is 0.986. The Labute approximate surface area is 125 Å². The van der Waals surface area contributed by atoms with Gasteiger partial charge < -0.3 is 15.2 Å². The largest absolute Gasteiger partial charge is 0.457 e. The summed E-state index contributed by atoms with van der Waals surface area (Å²) >= 11 is 0. The number of anilines is 1. The molecule has 21 heavy (non-hydrogen) atoms. The van der Waals surface area contributed by atoms with Gasteiger partial charge in [-0.2, -0.15) is 0 Å². The molecule has 1 aliphatic carbocycles. The zero-order valence-electron chi connectivity index (χ0n) is 12.4. The van der Waals surface area contributed by atoms with E-state index in [-0.39, 0.29) is 11.5 Å². The summed E-state index contributed by atoms with van der Waals surface area (Å²) in [6.45, 7) is 4.18. The second kappa shape index (κ2) is 5.41. The first kappa shape index (κ1) is 14.0. The van der Waals surface area contributed by atoms with Crippen LogP contribution in [0.2, 0.25) is 0 Å². The predicted octanol–water partition coefficient (Wildman–Crippen LogP) is 4.05. The van der Waals surface area contributed by atoms with E-state index >= 15 is 0 Å². The van der Waals surface area contributed by atoms with E-state index in [0.717, 1.165) is 23.6 Å². The number of rotatable bonds is 4. The van der Waals surface area contributed by atoms with Crippen LogP contribution in [0.25, 0.3) is 0 Å². The van der Waals surface area contributed by atoms with Crippen LogP contribution in [0.1, 0.15) is 20.3 Å². The zero-order valence-corrected chi connectivity index (χ0v) is 12.4. The second-order valence-electron chi connectivity index (χ2n) is 6.21. The van der Waals surface area contributed by atoms with E-state index in [1.54, 1.807) is 0 Å². The van der Waals surface area contributed by atoms with Gasteiger partial charge in [0.1, 0.15) is 11.5 Å². The van der Waals surface area contributed by atoms with Crippen molar-refractivity contribution in [3.8, 4) is 11.5 Å². The molecule has 1 saturated carbocycles. The molecule has 2 aromatic rings. The molecule has 0 spiro atoms. The van der Waals surface area contributed by atoms with Crippen LogP contribution in [0.4, 0.5) is 5.69 Å². The fourth-order valence-electron chi connectivity index (χ4n) is 2.59. The van der Waals surface area contributed by atoms with Crippen molar-refractivity contribution in [3.63, 3.8) is 0 Å². The number of para-hydroxylation sites is 1. The van der Waals surface area contributed by atoms with Crippen LogP contribution >= 0.6 is 0 Å². The van der Waals surface area contributed by atoms with Crippen LogP contribution < -0.4 is 10.1 Å². The van der Waals surface area contributed by atoms with Crippen molar-refractivity contribution in [2.24, 2.45) is 5.41 Å². The van der Waals surface area contributed by atoms with Crippen molar-refractivity contribution >= 4 is 5.69 Å². The van der Waals surface area contributed by atoms with E-state index in [9.17, 15) is 5.11 Å². The van der Waals surface area contributed by atoms with E-state index in [1.807, 2.05) is 54.6 Å². The maximum atomic E-state index is 9.77.